The SMILES string of the molecule is O=C(CCCN1C(=O)c2cccc3cccc(c23)C1=O)OCC(=O)c1ccc(F)cc1. The number of nitrogens with zero attached hydrogens (tertiary/aromatic N) is 1. The van der Waals surface area contributed by atoms with E-state index in [0.717, 1.165) is 22.4 Å². The van der Waals surface area contributed by atoms with Crippen LogP contribution in [0.3, 0.4) is 0 Å². The predicted molar refractivity (Wildman–Crippen MR) is 110 cm³/mol. The van der Waals surface area contributed by atoms with Crippen LogP contribution in [0.1, 0.15) is 43.9 Å². The first-order valence-electron chi connectivity index (χ1n) is 9.78. The molecule has 7 heteroatoms. The van der Waals surface area contributed by atoms with Crippen LogP contribution in [0.4, 0.5) is 4.39 Å². The van der Waals surface area contributed by atoms with E-state index in [2.05, 4.69) is 0 Å². The molecule has 0 atom stereocenters. The van der Waals surface area contributed by atoms with Crippen LogP contribution >= 0.6 is 0 Å². The highest BCUT2D eigenvalue weighted by atomic mass is 19.1. The van der Waals surface area contributed by atoms with Gasteiger partial charge in [0.2, 0.25) is 0 Å². The Morgan fingerprint density at radius 3 is 2.10 bits per heavy atom. The Balaban J connectivity index is 1.33. The molecule has 0 saturated heterocycles. The summed E-state index contributed by atoms with van der Waals surface area (Å²) in [7, 11) is 0. The van der Waals surface area contributed by atoms with Gasteiger partial charge < -0.3 is 4.74 Å². The lowest BCUT2D eigenvalue weighted by Crippen LogP contribution is -2.41. The molecule has 156 valence electrons. The third-order valence-electron chi connectivity index (χ3n) is 5.15. The molecule has 3 aromatic carbocycles. The highest BCUT2D eigenvalue weighted by Crippen LogP contribution is 2.30. The summed E-state index contributed by atoms with van der Waals surface area (Å²) in [6.07, 6.45) is 0.152. The second-order valence-corrected chi connectivity index (χ2v) is 7.17. The standard InChI is InChI=1S/C24H18FNO5/c25-17-11-9-15(10-12-17)20(27)14-31-21(28)8-3-13-26-23(29)18-6-1-4-16-5-2-7-19(22(16)18)24(26)30/h1-2,4-7,9-12H,3,8,13-14H2. The molecule has 1 aliphatic heterocycles. The second kappa shape index (κ2) is 8.47. The molecule has 6 nitrogen and oxygen atoms in total. The van der Waals surface area contributed by atoms with Crippen LogP contribution in [0.5, 0.6) is 0 Å². The zero-order valence-corrected chi connectivity index (χ0v) is 16.5. The number of ether oxygens (including phenoxy) is 1. The Morgan fingerprint density at radius 2 is 1.48 bits per heavy atom. The molecule has 4 rings (SSSR count). The molecule has 0 N–H and O–H groups in total. The van der Waals surface area contributed by atoms with Gasteiger partial charge in [-0.15, -0.1) is 0 Å². The van der Waals surface area contributed by atoms with Crippen LogP contribution in [-0.2, 0) is 9.53 Å². The molecule has 0 bridgehead atoms. The van der Waals surface area contributed by atoms with Gasteiger partial charge >= 0.3 is 5.97 Å². The van der Waals surface area contributed by atoms with E-state index in [0.29, 0.717) is 16.5 Å². The van der Waals surface area contributed by atoms with Gasteiger partial charge in [-0.25, -0.2) is 4.39 Å². The molecule has 0 fully saturated rings. The summed E-state index contributed by atoms with van der Waals surface area (Å²) in [6, 6.07) is 15.5. The van der Waals surface area contributed by atoms with Gasteiger partial charge in [0, 0.05) is 35.0 Å². The first kappa shape index (κ1) is 20.4. The number of amides is 2. The third kappa shape index (κ3) is 4.07. The fraction of sp³-hybridized carbons (Fsp3) is 0.167. The fourth-order valence-electron chi connectivity index (χ4n) is 3.60. The van der Waals surface area contributed by atoms with Crippen LogP contribution in [-0.4, -0.2) is 41.6 Å². The number of Topliss-reactive ketones (excluding diaryl/α,β-unsaturated/α-hetero) is 1. The highest BCUT2D eigenvalue weighted by Gasteiger charge is 2.32. The minimum atomic E-state index is -0.616. The topological polar surface area (TPSA) is 80.8 Å². The lowest BCUT2D eigenvalue weighted by molar-refractivity contribution is -0.142. The quantitative estimate of drug-likeness (QED) is 0.331. The number of ketones is 1. The van der Waals surface area contributed by atoms with Gasteiger partial charge in [0.25, 0.3) is 11.8 Å². The van der Waals surface area contributed by atoms with Crippen molar-refractivity contribution in [1.82, 2.24) is 4.90 Å². The van der Waals surface area contributed by atoms with E-state index in [9.17, 15) is 23.6 Å². The predicted octanol–water partition coefficient (Wildman–Crippen LogP) is 3.78. The van der Waals surface area contributed by atoms with Crippen molar-refractivity contribution in [3.05, 3.63) is 83.2 Å². The van der Waals surface area contributed by atoms with Crippen molar-refractivity contribution in [1.29, 1.82) is 0 Å². The van der Waals surface area contributed by atoms with E-state index in [1.807, 2.05) is 12.1 Å². The van der Waals surface area contributed by atoms with Gasteiger partial charge in [-0.2, -0.15) is 0 Å². The number of rotatable bonds is 7. The first-order valence-corrected chi connectivity index (χ1v) is 9.78. The van der Waals surface area contributed by atoms with Crippen LogP contribution < -0.4 is 0 Å². The van der Waals surface area contributed by atoms with E-state index < -0.39 is 36.0 Å². The molecule has 3 aromatic rings. The highest BCUT2D eigenvalue weighted by molar-refractivity contribution is 6.25. The largest absolute Gasteiger partial charge is 0.457 e. The van der Waals surface area contributed by atoms with Crippen molar-refractivity contribution < 1.29 is 28.3 Å². The molecule has 1 aliphatic rings. The molecule has 0 saturated carbocycles. The zero-order valence-electron chi connectivity index (χ0n) is 16.5. The van der Waals surface area contributed by atoms with E-state index in [1.165, 1.54) is 12.1 Å². The van der Waals surface area contributed by atoms with Gasteiger partial charge in [0.1, 0.15) is 5.82 Å². The maximum Gasteiger partial charge on any atom is 0.306 e. The number of hydrogen-bond donors (Lipinski definition) is 0. The Morgan fingerprint density at radius 1 is 0.871 bits per heavy atom. The summed E-state index contributed by atoms with van der Waals surface area (Å²) in [5.74, 6) is -2.31. The van der Waals surface area contributed by atoms with Gasteiger partial charge in [-0.05, 0) is 48.2 Å². The van der Waals surface area contributed by atoms with Gasteiger partial charge in [0.15, 0.2) is 12.4 Å². The molecule has 0 radical (unpaired) electrons. The molecule has 1 heterocycles. The number of carbonyl (C=O) groups excluding carboxylic acids is 4. The van der Waals surface area contributed by atoms with E-state index >= 15 is 0 Å². The minimum Gasteiger partial charge on any atom is -0.457 e. The average molecular weight is 419 g/mol. The van der Waals surface area contributed by atoms with Crippen LogP contribution in [0, 0.1) is 5.82 Å². The normalized spacial score (nSPS) is 12.9. The summed E-state index contributed by atoms with van der Waals surface area (Å²) >= 11 is 0. The molecule has 31 heavy (non-hydrogen) atoms. The Hall–Kier alpha value is -3.87. The van der Waals surface area contributed by atoms with E-state index in [-0.39, 0.29) is 24.9 Å². The van der Waals surface area contributed by atoms with Crippen LogP contribution in [0.2, 0.25) is 0 Å². The summed E-state index contributed by atoms with van der Waals surface area (Å²) < 4.78 is 17.9. The number of esters is 1. The molecule has 0 spiro atoms. The van der Waals surface area contributed by atoms with Gasteiger partial charge in [-0.1, -0.05) is 24.3 Å². The van der Waals surface area contributed by atoms with E-state index in [1.54, 1.807) is 24.3 Å². The number of hydrogen-bond acceptors (Lipinski definition) is 5. The molecule has 0 aliphatic carbocycles. The second-order valence-electron chi connectivity index (χ2n) is 7.17. The van der Waals surface area contributed by atoms with Crippen molar-refractivity contribution >= 4 is 34.3 Å². The Kier molecular flexibility index (Phi) is 5.58. The monoisotopic (exact) mass is 419 g/mol. The number of benzene rings is 3. The zero-order chi connectivity index (χ0) is 22.0. The molecular formula is C24H18FNO5. The van der Waals surface area contributed by atoms with E-state index in [4.69, 9.17) is 4.74 Å². The van der Waals surface area contributed by atoms with Crippen molar-refractivity contribution in [3.8, 4) is 0 Å². The van der Waals surface area contributed by atoms with Crippen molar-refractivity contribution in [3.63, 3.8) is 0 Å². The van der Waals surface area contributed by atoms with Crippen LogP contribution in [0.15, 0.2) is 60.7 Å². The molecule has 0 aromatic heterocycles. The smallest absolute Gasteiger partial charge is 0.306 e. The maximum absolute atomic E-state index is 12.9. The van der Waals surface area contributed by atoms with Crippen molar-refractivity contribution in [2.45, 2.75) is 12.8 Å². The summed E-state index contributed by atoms with van der Waals surface area (Å²) in [5, 5.41) is 1.47. The molecule has 0 unspecified atom stereocenters. The third-order valence-corrected chi connectivity index (χ3v) is 5.15. The van der Waals surface area contributed by atoms with Crippen LogP contribution in [0.25, 0.3) is 10.8 Å². The number of imide groups is 1. The van der Waals surface area contributed by atoms with Gasteiger partial charge in [0.05, 0.1) is 0 Å². The van der Waals surface area contributed by atoms with Crippen molar-refractivity contribution in [2.24, 2.45) is 0 Å². The summed E-state index contributed by atoms with van der Waals surface area (Å²) in [6.45, 7) is -0.398. The molecule has 2 amide bonds. The summed E-state index contributed by atoms with van der Waals surface area (Å²) in [4.78, 5) is 50.7. The van der Waals surface area contributed by atoms with Gasteiger partial charge in [-0.3, -0.25) is 24.1 Å². The first-order chi connectivity index (χ1) is 15.0. The fourth-order valence-corrected chi connectivity index (χ4v) is 3.60. The lowest BCUT2D eigenvalue weighted by Gasteiger charge is -2.27. The minimum absolute atomic E-state index is 0.0559. The number of carbonyl (C=O) groups is 4. The summed E-state index contributed by atoms with van der Waals surface area (Å²) in [5.41, 5.74) is 1.16. The average Bonchev–Trinajstić information content (AvgIpc) is 2.78. The number of halogens is 1. The molecular weight excluding hydrogens is 401 g/mol. The maximum atomic E-state index is 12.9. The Labute approximate surface area is 177 Å². The lowest BCUT2D eigenvalue weighted by atomic mass is 9.94. The van der Waals surface area contributed by atoms with Crippen molar-refractivity contribution in [2.75, 3.05) is 13.2 Å². The Bertz CT molecular complexity index is 1150.